The molecule has 8 heteroatoms. The molecule has 0 saturated carbocycles. The summed E-state index contributed by atoms with van der Waals surface area (Å²) >= 11 is 6.12. The minimum absolute atomic E-state index is 0.0909. The summed E-state index contributed by atoms with van der Waals surface area (Å²) in [5.41, 5.74) is 6.92. The van der Waals surface area contributed by atoms with Crippen molar-refractivity contribution in [3.63, 3.8) is 0 Å². The molecule has 2 N–H and O–H groups in total. The Morgan fingerprint density at radius 2 is 2.00 bits per heavy atom. The lowest BCUT2D eigenvalue weighted by molar-refractivity contribution is -0.0170. The van der Waals surface area contributed by atoms with Gasteiger partial charge in [0.05, 0.1) is 10.6 Å². The summed E-state index contributed by atoms with van der Waals surface area (Å²) < 4.78 is 5.70. The van der Waals surface area contributed by atoms with E-state index in [1.165, 1.54) is 6.42 Å². The highest BCUT2D eigenvalue weighted by atomic mass is 35.5. The summed E-state index contributed by atoms with van der Waals surface area (Å²) in [5.74, 6) is -0.266. The van der Waals surface area contributed by atoms with Crippen LogP contribution in [0.3, 0.4) is 0 Å². The zero-order chi connectivity index (χ0) is 20.5. The molecule has 1 saturated heterocycles. The van der Waals surface area contributed by atoms with E-state index < -0.39 is 12.1 Å². The fraction of sp³-hybridized carbons (Fsp3) is 0.381. The molecule has 3 rings (SSSR count). The standard InChI is InChI=1S/C21H25ClN4O3/c22-19-9-3-2-8-18(19)21(27)29-17(14-26-11-4-1-5-12-26)15-28-25-20(23)16-7-6-10-24-13-16/h2-3,6-10,13,17H,1,4-5,11-12,14-15H2,(H2,23,25). The highest BCUT2D eigenvalue weighted by Crippen LogP contribution is 2.18. The number of hydrogen-bond acceptors (Lipinski definition) is 6. The summed E-state index contributed by atoms with van der Waals surface area (Å²) in [5, 5.41) is 4.30. The van der Waals surface area contributed by atoms with Crippen LogP contribution < -0.4 is 5.73 Å². The van der Waals surface area contributed by atoms with Gasteiger partial charge < -0.3 is 15.3 Å². The van der Waals surface area contributed by atoms with Crippen LogP contribution in [0.1, 0.15) is 35.2 Å². The maximum absolute atomic E-state index is 12.6. The highest BCUT2D eigenvalue weighted by molar-refractivity contribution is 6.33. The molecule has 1 aliphatic heterocycles. The molecular weight excluding hydrogens is 392 g/mol. The molecule has 1 aromatic carbocycles. The van der Waals surface area contributed by atoms with Gasteiger partial charge in [0.15, 0.2) is 18.5 Å². The average molecular weight is 417 g/mol. The summed E-state index contributed by atoms with van der Waals surface area (Å²) in [6.07, 6.45) is 6.26. The minimum atomic E-state index is -0.498. The van der Waals surface area contributed by atoms with Crippen LogP contribution in [0.5, 0.6) is 0 Å². The van der Waals surface area contributed by atoms with Crippen molar-refractivity contribution in [1.29, 1.82) is 0 Å². The number of esters is 1. The quantitative estimate of drug-likeness (QED) is 0.308. The van der Waals surface area contributed by atoms with Gasteiger partial charge in [-0.1, -0.05) is 35.3 Å². The number of pyridine rings is 1. The maximum atomic E-state index is 12.6. The number of amidine groups is 1. The third-order valence-electron chi connectivity index (χ3n) is 4.66. The van der Waals surface area contributed by atoms with Gasteiger partial charge in [0.25, 0.3) is 0 Å². The molecule has 7 nitrogen and oxygen atoms in total. The molecule has 29 heavy (non-hydrogen) atoms. The molecule has 1 fully saturated rings. The smallest absolute Gasteiger partial charge is 0.340 e. The summed E-state index contributed by atoms with van der Waals surface area (Å²) in [4.78, 5) is 24.3. The monoisotopic (exact) mass is 416 g/mol. The Kier molecular flexibility index (Phi) is 7.84. The van der Waals surface area contributed by atoms with Crippen molar-refractivity contribution in [1.82, 2.24) is 9.88 Å². The Labute approximate surface area is 175 Å². The number of rotatable bonds is 8. The number of nitrogens with two attached hydrogens (primary N) is 1. The van der Waals surface area contributed by atoms with Gasteiger partial charge in [-0.05, 0) is 50.2 Å². The first-order chi connectivity index (χ1) is 14.1. The first-order valence-corrected chi connectivity index (χ1v) is 10.0. The summed E-state index contributed by atoms with van der Waals surface area (Å²) in [6, 6.07) is 10.4. The van der Waals surface area contributed by atoms with Gasteiger partial charge in [-0.3, -0.25) is 9.88 Å². The first-order valence-electron chi connectivity index (χ1n) is 9.67. The summed E-state index contributed by atoms with van der Waals surface area (Å²) in [7, 11) is 0. The largest absolute Gasteiger partial charge is 0.454 e. The molecule has 2 heterocycles. The second-order valence-electron chi connectivity index (χ2n) is 6.88. The van der Waals surface area contributed by atoms with E-state index in [1.807, 2.05) is 0 Å². The minimum Gasteiger partial charge on any atom is -0.454 e. The zero-order valence-corrected chi connectivity index (χ0v) is 16.9. The van der Waals surface area contributed by atoms with Gasteiger partial charge in [-0.25, -0.2) is 4.79 Å². The normalized spacial score (nSPS) is 16.2. The number of nitrogens with zero attached hydrogens (tertiary/aromatic N) is 3. The average Bonchev–Trinajstić information content (AvgIpc) is 2.75. The molecule has 0 amide bonds. The third-order valence-corrected chi connectivity index (χ3v) is 4.99. The van der Waals surface area contributed by atoms with Crippen molar-refractivity contribution < 1.29 is 14.4 Å². The van der Waals surface area contributed by atoms with Gasteiger partial charge >= 0.3 is 5.97 Å². The van der Waals surface area contributed by atoms with Gasteiger partial charge in [0.2, 0.25) is 0 Å². The van der Waals surface area contributed by atoms with Crippen molar-refractivity contribution in [2.75, 3.05) is 26.2 Å². The fourth-order valence-electron chi connectivity index (χ4n) is 3.15. The lowest BCUT2D eigenvalue weighted by Crippen LogP contribution is -2.40. The molecule has 0 aliphatic carbocycles. The number of likely N-dealkylation sites (tertiary alicyclic amines) is 1. The van der Waals surface area contributed by atoms with Gasteiger partial charge in [-0.2, -0.15) is 0 Å². The molecule has 1 aliphatic rings. The lowest BCUT2D eigenvalue weighted by atomic mass is 10.1. The van der Waals surface area contributed by atoms with Crippen LogP contribution in [-0.4, -0.2) is 54.0 Å². The van der Waals surface area contributed by atoms with Crippen LogP contribution in [-0.2, 0) is 9.57 Å². The van der Waals surface area contributed by atoms with Crippen molar-refractivity contribution in [2.24, 2.45) is 10.9 Å². The van der Waals surface area contributed by atoms with Gasteiger partial charge in [0.1, 0.15) is 0 Å². The van der Waals surface area contributed by atoms with Crippen molar-refractivity contribution in [3.8, 4) is 0 Å². The van der Waals surface area contributed by atoms with Gasteiger partial charge in [0, 0.05) is 24.5 Å². The number of carbonyl (C=O) groups excluding carboxylic acids is 1. The number of ether oxygens (including phenoxy) is 1. The Morgan fingerprint density at radius 3 is 2.72 bits per heavy atom. The molecule has 0 bridgehead atoms. The predicted molar refractivity (Wildman–Crippen MR) is 112 cm³/mol. The van der Waals surface area contributed by atoms with E-state index in [4.69, 9.17) is 26.9 Å². The van der Waals surface area contributed by atoms with E-state index in [0.717, 1.165) is 25.9 Å². The van der Waals surface area contributed by atoms with Crippen LogP contribution in [0.4, 0.5) is 0 Å². The van der Waals surface area contributed by atoms with Crippen molar-refractivity contribution >= 4 is 23.4 Å². The van der Waals surface area contributed by atoms with E-state index in [-0.39, 0.29) is 12.4 Å². The molecule has 0 spiro atoms. The van der Waals surface area contributed by atoms with Crippen molar-refractivity contribution in [3.05, 3.63) is 64.9 Å². The number of hydrogen-bond donors (Lipinski definition) is 1. The first kappa shape index (κ1) is 21.1. The number of piperidine rings is 1. The zero-order valence-electron chi connectivity index (χ0n) is 16.2. The van der Waals surface area contributed by atoms with E-state index in [2.05, 4.69) is 15.0 Å². The second kappa shape index (κ2) is 10.8. The summed E-state index contributed by atoms with van der Waals surface area (Å²) in [6.45, 7) is 2.61. The van der Waals surface area contributed by atoms with Crippen LogP contribution in [0, 0.1) is 0 Å². The Bertz CT molecular complexity index is 826. The van der Waals surface area contributed by atoms with Crippen molar-refractivity contribution in [2.45, 2.75) is 25.4 Å². The molecule has 1 atom stereocenters. The molecule has 1 unspecified atom stereocenters. The number of carbonyl (C=O) groups is 1. The predicted octanol–water partition coefficient (Wildman–Crippen LogP) is 3.08. The van der Waals surface area contributed by atoms with Crippen LogP contribution in [0.15, 0.2) is 53.9 Å². The highest BCUT2D eigenvalue weighted by Gasteiger charge is 2.22. The van der Waals surface area contributed by atoms with Gasteiger partial charge in [-0.15, -0.1) is 0 Å². The van der Waals surface area contributed by atoms with E-state index in [9.17, 15) is 4.79 Å². The molecule has 1 aromatic heterocycles. The Hall–Kier alpha value is -2.64. The second-order valence-corrected chi connectivity index (χ2v) is 7.29. The topological polar surface area (TPSA) is 90.0 Å². The Morgan fingerprint density at radius 1 is 1.21 bits per heavy atom. The number of oxime groups is 1. The van der Waals surface area contributed by atoms with Crippen LogP contribution in [0.2, 0.25) is 5.02 Å². The van der Waals surface area contributed by atoms with E-state index >= 15 is 0 Å². The van der Waals surface area contributed by atoms with E-state index in [1.54, 1.807) is 48.8 Å². The van der Waals surface area contributed by atoms with E-state index in [0.29, 0.717) is 22.7 Å². The molecule has 154 valence electrons. The Balaban J connectivity index is 1.64. The maximum Gasteiger partial charge on any atom is 0.340 e. The van der Waals surface area contributed by atoms with Crippen LogP contribution >= 0.6 is 11.6 Å². The third kappa shape index (κ3) is 6.44. The molecule has 0 radical (unpaired) electrons. The number of halogens is 1. The number of aromatic nitrogens is 1. The molecule has 2 aromatic rings. The SMILES string of the molecule is N/C(=N\OCC(CN1CCCCC1)OC(=O)c1ccccc1Cl)c1cccnc1. The number of benzene rings is 1. The lowest BCUT2D eigenvalue weighted by Gasteiger charge is -2.29. The fourth-order valence-corrected chi connectivity index (χ4v) is 3.37. The van der Waals surface area contributed by atoms with Crippen LogP contribution in [0.25, 0.3) is 0 Å². The molecular formula is C21H25ClN4O3.